The van der Waals surface area contributed by atoms with Crippen molar-refractivity contribution in [3.05, 3.63) is 69.5 Å². The van der Waals surface area contributed by atoms with Crippen LogP contribution in [-0.2, 0) is 0 Å². The molecule has 2 aromatic carbocycles. The number of halogens is 2. The van der Waals surface area contributed by atoms with E-state index in [4.69, 9.17) is 31.9 Å². The number of nitrogens with two attached hydrogens (primary N) is 1. The third-order valence-electron chi connectivity index (χ3n) is 3.71. The van der Waals surface area contributed by atoms with Gasteiger partial charge < -0.3 is 20.2 Å². The number of carbonyl (C=O) groups is 1. The Balaban J connectivity index is 0.00000300. The average Bonchev–Trinajstić information content (AvgIpc) is 2.69. The van der Waals surface area contributed by atoms with Crippen molar-refractivity contribution >= 4 is 67.9 Å². The topological polar surface area (TPSA) is 118 Å². The maximum Gasteiger partial charge on any atom is 0.346 e. The molecule has 3 rings (SSSR count). The minimum Gasteiger partial charge on any atom is -0.463 e. The van der Waals surface area contributed by atoms with Gasteiger partial charge in [-0.05, 0) is 24.3 Å². The van der Waals surface area contributed by atoms with Crippen molar-refractivity contribution in [3.8, 4) is 5.95 Å². The first kappa shape index (κ1) is 22.8. The summed E-state index contributed by atoms with van der Waals surface area (Å²) < 4.78 is 10.5. The lowest BCUT2D eigenvalue weighted by Gasteiger charge is -2.09. The highest BCUT2D eigenvalue weighted by Gasteiger charge is 2.15. The van der Waals surface area contributed by atoms with Gasteiger partial charge in [0.05, 0.1) is 5.39 Å². The Bertz CT molecular complexity index is 1090. The second-order valence-corrected chi connectivity index (χ2v) is 7.15. The lowest BCUT2D eigenvalue weighted by Crippen LogP contribution is -2.12. The zero-order valence-corrected chi connectivity index (χ0v) is 18.2. The van der Waals surface area contributed by atoms with Gasteiger partial charge in [-0.3, -0.25) is 10.2 Å². The molecule has 0 saturated carbocycles. The number of hydrogen-bond donors (Lipinski definition) is 3. The number of ether oxygens (including phenoxy) is 1. The van der Waals surface area contributed by atoms with Gasteiger partial charge >= 0.3 is 11.6 Å². The second kappa shape index (κ2) is 10.3. The maximum atomic E-state index is 12.3. The minimum atomic E-state index is -0.635. The summed E-state index contributed by atoms with van der Waals surface area (Å²) in [7, 11) is 0. The molecule has 0 radical (unpaired) electrons. The number of nitrogens with one attached hydrogen (secondary N) is 2. The van der Waals surface area contributed by atoms with Gasteiger partial charge in [0.15, 0.2) is 5.17 Å². The largest absolute Gasteiger partial charge is 0.463 e. The molecule has 0 fully saturated rings. The number of amidine groups is 1. The summed E-state index contributed by atoms with van der Waals surface area (Å²) in [6.07, 6.45) is 0. The maximum absolute atomic E-state index is 12.3. The Morgan fingerprint density at radius 2 is 1.93 bits per heavy atom. The third-order valence-corrected chi connectivity index (χ3v) is 4.75. The van der Waals surface area contributed by atoms with Gasteiger partial charge in [-0.15, -0.1) is 17.0 Å². The van der Waals surface area contributed by atoms with E-state index in [0.29, 0.717) is 22.4 Å². The number of anilines is 1. The fourth-order valence-electron chi connectivity index (χ4n) is 2.45. The van der Waals surface area contributed by atoms with E-state index in [1.54, 1.807) is 36.4 Å². The lowest BCUT2D eigenvalue weighted by molar-refractivity contribution is 0.102. The molecule has 0 aliphatic rings. The van der Waals surface area contributed by atoms with Crippen LogP contribution in [0.1, 0.15) is 10.4 Å². The SMILES string of the molecule is Br.N=C(N)SCCOc1oc(=O)c2cc(NC(=O)c3ccccc3)ccc2c1Cl. The number of amides is 1. The van der Waals surface area contributed by atoms with E-state index in [-0.39, 0.29) is 51.0 Å². The summed E-state index contributed by atoms with van der Waals surface area (Å²) in [6.45, 7) is 0.170. The monoisotopic (exact) mass is 497 g/mol. The van der Waals surface area contributed by atoms with Crippen LogP contribution in [0.4, 0.5) is 5.69 Å². The van der Waals surface area contributed by atoms with Gasteiger partial charge in [-0.1, -0.05) is 47.6 Å². The standard InChI is InChI=1S/C19H16ClN3O4S.BrH/c20-15-13-7-6-12(23-16(24)11-4-2-1-3-5-11)10-14(13)17(25)27-18(15)26-8-9-28-19(21)22;/h1-7,10H,8-9H2,(H3,21,22)(H,23,24);1H. The first-order valence-corrected chi connectivity index (χ1v) is 9.54. The van der Waals surface area contributed by atoms with Crippen molar-refractivity contribution in [2.75, 3.05) is 17.7 Å². The molecule has 1 amide bonds. The zero-order valence-electron chi connectivity index (χ0n) is 14.9. The summed E-state index contributed by atoms with van der Waals surface area (Å²) >= 11 is 7.39. The first-order chi connectivity index (χ1) is 13.5. The molecule has 0 bridgehead atoms. The summed E-state index contributed by atoms with van der Waals surface area (Å²) in [6, 6.07) is 13.5. The molecule has 0 aliphatic carbocycles. The fourth-order valence-corrected chi connectivity index (χ4v) is 3.09. The molecule has 0 saturated heterocycles. The number of benzene rings is 2. The van der Waals surface area contributed by atoms with Crippen LogP contribution < -0.4 is 21.4 Å². The van der Waals surface area contributed by atoms with Crippen molar-refractivity contribution in [1.82, 2.24) is 0 Å². The van der Waals surface area contributed by atoms with Gasteiger partial charge in [0.2, 0.25) is 0 Å². The van der Waals surface area contributed by atoms with Gasteiger partial charge in [0.1, 0.15) is 11.6 Å². The molecule has 0 aliphatic heterocycles. The zero-order chi connectivity index (χ0) is 20.1. The average molecular weight is 499 g/mol. The van der Waals surface area contributed by atoms with Crippen molar-refractivity contribution in [1.29, 1.82) is 5.41 Å². The van der Waals surface area contributed by atoms with Gasteiger partial charge in [-0.25, -0.2) is 4.79 Å². The summed E-state index contributed by atoms with van der Waals surface area (Å²) in [5, 5.41) is 10.7. The van der Waals surface area contributed by atoms with E-state index in [9.17, 15) is 9.59 Å². The molecule has 152 valence electrons. The Labute approximate surface area is 185 Å². The van der Waals surface area contributed by atoms with Crippen LogP contribution in [0.25, 0.3) is 10.8 Å². The Kier molecular flexibility index (Phi) is 8.12. The molecule has 7 nitrogen and oxygen atoms in total. The molecule has 0 unspecified atom stereocenters. The van der Waals surface area contributed by atoms with Crippen LogP contribution >= 0.6 is 40.3 Å². The molecular weight excluding hydrogens is 482 g/mol. The number of fused-ring (bicyclic) bond motifs is 1. The highest BCUT2D eigenvalue weighted by atomic mass is 79.9. The van der Waals surface area contributed by atoms with Crippen LogP contribution in [-0.4, -0.2) is 23.4 Å². The number of hydrogen-bond acceptors (Lipinski definition) is 6. The summed E-state index contributed by atoms with van der Waals surface area (Å²) in [4.78, 5) is 24.6. The van der Waals surface area contributed by atoms with E-state index in [1.165, 1.54) is 6.07 Å². The molecule has 4 N–H and O–H groups in total. The third kappa shape index (κ3) is 5.75. The Hall–Kier alpha value is -2.49. The molecule has 1 heterocycles. The van der Waals surface area contributed by atoms with Crippen molar-refractivity contribution in [2.24, 2.45) is 5.73 Å². The van der Waals surface area contributed by atoms with Gasteiger partial charge in [0.25, 0.3) is 5.91 Å². The predicted octanol–water partition coefficient (Wildman–Crippen LogP) is 4.28. The van der Waals surface area contributed by atoms with Gasteiger partial charge in [0, 0.05) is 22.4 Å². The van der Waals surface area contributed by atoms with E-state index < -0.39 is 5.63 Å². The normalized spacial score (nSPS) is 10.2. The van der Waals surface area contributed by atoms with E-state index in [0.717, 1.165) is 11.8 Å². The van der Waals surface area contributed by atoms with E-state index in [1.807, 2.05) is 6.07 Å². The van der Waals surface area contributed by atoms with Gasteiger partial charge in [-0.2, -0.15) is 0 Å². The summed E-state index contributed by atoms with van der Waals surface area (Å²) in [5.74, 6) is 0.0282. The Morgan fingerprint density at radius 1 is 1.21 bits per heavy atom. The molecule has 1 aromatic heterocycles. The molecule has 29 heavy (non-hydrogen) atoms. The van der Waals surface area contributed by atoms with Crippen molar-refractivity contribution in [3.63, 3.8) is 0 Å². The second-order valence-electron chi connectivity index (χ2n) is 5.63. The van der Waals surface area contributed by atoms with Crippen LogP contribution in [0.15, 0.2) is 57.7 Å². The molecule has 10 heteroatoms. The van der Waals surface area contributed by atoms with Crippen LogP contribution in [0.5, 0.6) is 5.95 Å². The predicted molar refractivity (Wildman–Crippen MR) is 122 cm³/mol. The summed E-state index contributed by atoms with van der Waals surface area (Å²) in [5.41, 5.74) is 5.55. The van der Waals surface area contributed by atoms with Crippen LogP contribution in [0, 0.1) is 5.41 Å². The van der Waals surface area contributed by atoms with Crippen LogP contribution in [0.3, 0.4) is 0 Å². The smallest absolute Gasteiger partial charge is 0.346 e. The minimum absolute atomic E-state index is 0. The molecule has 0 spiro atoms. The molecular formula is C19H17BrClN3O4S. The van der Waals surface area contributed by atoms with E-state index >= 15 is 0 Å². The van der Waals surface area contributed by atoms with Crippen molar-refractivity contribution in [2.45, 2.75) is 0 Å². The Morgan fingerprint density at radius 3 is 2.62 bits per heavy atom. The van der Waals surface area contributed by atoms with Crippen LogP contribution in [0.2, 0.25) is 5.02 Å². The van der Waals surface area contributed by atoms with Crippen molar-refractivity contribution < 1.29 is 13.9 Å². The number of rotatable bonds is 6. The fraction of sp³-hybridized carbons (Fsp3) is 0.105. The number of thioether (sulfide) groups is 1. The van der Waals surface area contributed by atoms with E-state index in [2.05, 4.69) is 5.32 Å². The highest BCUT2D eigenvalue weighted by molar-refractivity contribution is 8.93. The number of carbonyl (C=O) groups excluding carboxylic acids is 1. The highest BCUT2D eigenvalue weighted by Crippen LogP contribution is 2.32. The first-order valence-electron chi connectivity index (χ1n) is 8.18. The quantitative estimate of drug-likeness (QED) is 0.265. The molecule has 3 aromatic rings. The lowest BCUT2D eigenvalue weighted by atomic mass is 10.1. The molecule has 0 atom stereocenters.